The van der Waals surface area contributed by atoms with Gasteiger partial charge in [0.15, 0.2) is 5.82 Å². The SMILES string of the molecule is c1ccc(-c2nc(-c3ccc4c(c3)c3c(-c5ccccc5)c5ccccc5n3c3sc5ccccc5c43)nc3ccccc23)cc1. The summed E-state index contributed by atoms with van der Waals surface area (Å²) in [6.07, 6.45) is 0. The summed E-state index contributed by atoms with van der Waals surface area (Å²) in [7, 11) is 0. The fraction of sp³-hybridized carbons (Fsp3) is 0. The minimum atomic E-state index is 0.727. The van der Waals surface area contributed by atoms with Crippen LogP contribution in [0.5, 0.6) is 0 Å². The average Bonchev–Trinajstić information content (AvgIpc) is 3.69. The van der Waals surface area contributed by atoms with Gasteiger partial charge in [-0.25, -0.2) is 9.97 Å². The molecule has 4 heteroatoms. The first-order chi connectivity index (χ1) is 22.8. The monoisotopic (exact) mass is 603 g/mol. The van der Waals surface area contributed by atoms with Crippen LogP contribution in [0.25, 0.3) is 92.2 Å². The van der Waals surface area contributed by atoms with Gasteiger partial charge in [-0.15, -0.1) is 11.3 Å². The number of hydrogen-bond acceptors (Lipinski definition) is 3. The first kappa shape index (κ1) is 25.5. The second-order valence-corrected chi connectivity index (χ2v) is 12.8. The molecule has 0 saturated heterocycles. The molecule has 0 aliphatic rings. The zero-order valence-corrected chi connectivity index (χ0v) is 25.5. The number of aromatic nitrogens is 3. The van der Waals surface area contributed by atoms with Crippen LogP contribution in [0.4, 0.5) is 0 Å². The van der Waals surface area contributed by atoms with Gasteiger partial charge in [-0.2, -0.15) is 0 Å². The summed E-state index contributed by atoms with van der Waals surface area (Å²) in [6.45, 7) is 0. The first-order valence-corrected chi connectivity index (χ1v) is 16.3. The van der Waals surface area contributed by atoms with Crippen LogP contribution in [0.3, 0.4) is 0 Å². The van der Waals surface area contributed by atoms with Gasteiger partial charge in [0.2, 0.25) is 0 Å². The lowest BCUT2D eigenvalue weighted by Gasteiger charge is -2.12. The molecule has 10 rings (SSSR count). The van der Waals surface area contributed by atoms with Crippen LogP contribution in [-0.2, 0) is 0 Å². The highest BCUT2D eigenvalue weighted by Gasteiger charge is 2.22. The number of nitrogens with zero attached hydrogens (tertiary/aromatic N) is 3. The Kier molecular flexibility index (Phi) is 5.45. The lowest BCUT2D eigenvalue weighted by molar-refractivity contribution is 1.23. The summed E-state index contributed by atoms with van der Waals surface area (Å²) in [5.74, 6) is 0.727. The van der Waals surface area contributed by atoms with Crippen LogP contribution in [0.1, 0.15) is 0 Å². The topological polar surface area (TPSA) is 30.2 Å². The van der Waals surface area contributed by atoms with E-state index in [1.807, 2.05) is 17.4 Å². The molecule has 6 aromatic carbocycles. The van der Waals surface area contributed by atoms with Crippen molar-refractivity contribution in [2.75, 3.05) is 0 Å². The van der Waals surface area contributed by atoms with Crippen molar-refractivity contribution in [2.24, 2.45) is 0 Å². The number of pyridine rings is 1. The molecule has 0 unspecified atom stereocenters. The Balaban J connectivity index is 1.38. The number of rotatable bonds is 3. The van der Waals surface area contributed by atoms with Crippen LogP contribution in [-0.4, -0.2) is 14.4 Å². The van der Waals surface area contributed by atoms with Crippen molar-refractivity contribution in [2.45, 2.75) is 0 Å². The Morgan fingerprint density at radius 2 is 1.15 bits per heavy atom. The minimum absolute atomic E-state index is 0.727. The van der Waals surface area contributed by atoms with Crippen LogP contribution in [0, 0.1) is 0 Å². The summed E-state index contributed by atoms with van der Waals surface area (Å²) in [5.41, 5.74) is 8.87. The van der Waals surface area contributed by atoms with Crippen LogP contribution >= 0.6 is 11.3 Å². The van der Waals surface area contributed by atoms with Crippen LogP contribution in [0.15, 0.2) is 152 Å². The molecule has 0 spiro atoms. The van der Waals surface area contributed by atoms with Crippen molar-refractivity contribution >= 4 is 69.7 Å². The van der Waals surface area contributed by atoms with E-state index in [4.69, 9.17) is 9.97 Å². The van der Waals surface area contributed by atoms with Crippen molar-refractivity contribution in [3.63, 3.8) is 0 Å². The summed E-state index contributed by atoms with van der Waals surface area (Å²) in [6, 6.07) is 54.0. The van der Waals surface area contributed by atoms with Crippen molar-refractivity contribution in [1.29, 1.82) is 0 Å². The standard InChI is InChI=1S/C42H25N3S/c1-3-13-26(14-4-1)37-31-18-8-11-21-35(31)45-40(37)33-25-28(23-24-29(33)38-32-19-9-12-22-36(32)46-42(38)45)41-43-34-20-10-7-17-30(34)39(44-41)27-15-5-2-6-16-27/h1-25H. The van der Waals surface area contributed by atoms with Gasteiger partial charge in [-0.3, -0.25) is 4.40 Å². The van der Waals surface area contributed by atoms with E-state index in [0.717, 1.165) is 33.5 Å². The zero-order chi connectivity index (χ0) is 30.2. The molecule has 0 radical (unpaired) electrons. The molecule has 10 aromatic rings. The number of hydrogen-bond donors (Lipinski definition) is 0. The Labute approximate surface area is 268 Å². The third kappa shape index (κ3) is 3.65. The molecular weight excluding hydrogens is 579 g/mol. The van der Waals surface area contributed by atoms with Crippen LogP contribution in [0.2, 0.25) is 0 Å². The summed E-state index contributed by atoms with van der Waals surface area (Å²) >= 11 is 1.87. The maximum absolute atomic E-state index is 5.24. The Morgan fingerprint density at radius 1 is 0.478 bits per heavy atom. The molecule has 46 heavy (non-hydrogen) atoms. The predicted molar refractivity (Wildman–Crippen MR) is 195 cm³/mol. The van der Waals surface area contributed by atoms with E-state index in [1.54, 1.807) is 0 Å². The molecule has 0 atom stereocenters. The number of thiophene rings is 1. The molecular formula is C42H25N3S. The van der Waals surface area contributed by atoms with Gasteiger partial charge in [0.25, 0.3) is 0 Å². The minimum Gasteiger partial charge on any atom is -0.299 e. The molecule has 0 bridgehead atoms. The lowest BCUT2D eigenvalue weighted by Crippen LogP contribution is -1.96. The number of benzene rings is 6. The van der Waals surface area contributed by atoms with Crippen molar-refractivity contribution < 1.29 is 0 Å². The second-order valence-electron chi connectivity index (χ2n) is 11.8. The summed E-state index contributed by atoms with van der Waals surface area (Å²) in [5, 5.41) is 7.32. The fourth-order valence-corrected chi connectivity index (χ4v) is 8.41. The first-order valence-electron chi connectivity index (χ1n) is 15.5. The smallest absolute Gasteiger partial charge is 0.160 e. The van der Waals surface area contributed by atoms with E-state index in [-0.39, 0.29) is 0 Å². The van der Waals surface area contributed by atoms with E-state index < -0.39 is 0 Å². The third-order valence-electron chi connectivity index (χ3n) is 9.17. The lowest BCUT2D eigenvalue weighted by atomic mass is 9.97. The van der Waals surface area contributed by atoms with E-state index in [9.17, 15) is 0 Å². The van der Waals surface area contributed by atoms with Gasteiger partial charge in [0.1, 0.15) is 4.83 Å². The molecule has 0 aliphatic carbocycles. The maximum Gasteiger partial charge on any atom is 0.160 e. The Bertz CT molecular complexity index is 2790. The van der Waals surface area contributed by atoms with Crippen LogP contribution < -0.4 is 0 Å². The molecule has 0 N–H and O–H groups in total. The molecule has 214 valence electrons. The van der Waals surface area contributed by atoms with Gasteiger partial charge in [-0.05, 0) is 35.2 Å². The second kappa shape index (κ2) is 9.83. The molecule has 3 nitrogen and oxygen atoms in total. The highest BCUT2D eigenvalue weighted by atomic mass is 32.1. The molecule has 0 aliphatic heterocycles. The molecule has 0 fully saturated rings. The van der Waals surface area contributed by atoms with E-state index in [0.29, 0.717) is 0 Å². The summed E-state index contributed by atoms with van der Waals surface area (Å²) in [4.78, 5) is 11.6. The highest BCUT2D eigenvalue weighted by molar-refractivity contribution is 7.25. The van der Waals surface area contributed by atoms with Gasteiger partial charge in [0, 0.05) is 48.3 Å². The van der Waals surface area contributed by atoms with Crippen molar-refractivity contribution in [1.82, 2.24) is 14.4 Å². The molecule has 4 aromatic heterocycles. The normalized spacial score (nSPS) is 11.9. The largest absolute Gasteiger partial charge is 0.299 e. The quantitative estimate of drug-likeness (QED) is 0.201. The van der Waals surface area contributed by atoms with E-state index in [2.05, 4.69) is 150 Å². The van der Waals surface area contributed by atoms with Crippen molar-refractivity contribution in [3.05, 3.63) is 152 Å². The Morgan fingerprint density at radius 3 is 1.98 bits per heavy atom. The van der Waals surface area contributed by atoms with E-state index in [1.165, 1.54) is 58.6 Å². The van der Waals surface area contributed by atoms with Gasteiger partial charge in [0.05, 0.1) is 22.2 Å². The number of para-hydroxylation sites is 2. The van der Waals surface area contributed by atoms with Crippen molar-refractivity contribution in [3.8, 4) is 33.8 Å². The fourth-order valence-electron chi connectivity index (χ4n) is 7.17. The van der Waals surface area contributed by atoms with E-state index >= 15 is 0 Å². The molecule has 0 saturated carbocycles. The van der Waals surface area contributed by atoms with Gasteiger partial charge in [-0.1, -0.05) is 127 Å². The molecule has 0 amide bonds. The number of fused-ring (bicyclic) bond motifs is 11. The average molecular weight is 604 g/mol. The maximum atomic E-state index is 5.24. The highest BCUT2D eigenvalue weighted by Crippen LogP contribution is 2.47. The van der Waals surface area contributed by atoms with Gasteiger partial charge < -0.3 is 0 Å². The Hall–Kier alpha value is -5.84. The predicted octanol–water partition coefficient (Wildman–Crippen LogP) is 11.6. The third-order valence-corrected chi connectivity index (χ3v) is 10.3. The zero-order valence-electron chi connectivity index (χ0n) is 24.7. The van der Waals surface area contributed by atoms with Gasteiger partial charge >= 0.3 is 0 Å². The molecule has 4 heterocycles. The summed E-state index contributed by atoms with van der Waals surface area (Å²) < 4.78 is 3.79.